The van der Waals surface area contributed by atoms with Crippen LogP contribution in [-0.4, -0.2) is 26.5 Å². The average Bonchev–Trinajstić information content (AvgIpc) is 3.38. The van der Waals surface area contributed by atoms with Gasteiger partial charge >= 0.3 is 0 Å². The van der Waals surface area contributed by atoms with E-state index in [-0.39, 0.29) is 24.1 Å². The Kier molecular flexibility index (Phi) is 4.60. The van der Waals surface area contributed by atoms with Gasteiger partial charge in [0, 0.05) is 17.0 Å². The van der Waals surface area contributed by atoms with Crippen LogP contribution in [0.5, 0.6) is 0 Å². The molecule has 0 bridgehead atoms. The average molecular weight is 404 g/mol. The number of thiophene rings is 1. The molecule has 1 fully saturated rings. The third kappa shape index (κ3) is 3.42. The van der Waals surface area contributed by atoms with E-state index in [1.165, 1.54) is 22.2 Å². The molecule has 0 radical (unpaired) electrons. The summed E-state index contributed by atoms with van der Waals surface area (Å²) in [7, 11) is 0. The summed E-state index contributed by atoms with van der Waals surface area (Å²) >= 11 is 1.33. The van der Waals surface area contributed by atoms with Gasteiger partial charge in [-0.05, 0) is 25.0 Å². The molecule has 5 rings (SSSR count). The van der Waals surface area contributed by atoms with E-state index in [0.29, 0.717) is 10.2 Å². The number of fused-ring (bicyclic) bond motifs is 3. The van der Waals surface area contributed by atoms with Crippen molar-refractivity contribution in [2.24, 2.45) is 0 Å². The van der Waals surface area contributed by atoms with Crippen LogP contribution in [0.1, 0.15) is 25.7 Å². The first-order chi connectivity index (χ1) is 14.2. The summed E-state index contributed by atoms with van der Waals surface area (Å²) in [4.78, 5) is 35.3. The van der Waals surface area contributed by atoms with Crippen LogP contribution < -0.4 is 10.9 Å². The molecule has 6 nitrogen and oxygen atoms in total. The van der Waals surface area contributed by atoms with Gasteiger partial charge in [-0.15, -0.1) is 11.3 Å². The largest absolute Gasteiger partial charge is 0.352 e. The maximum absolute atomic E-state index is 13.0. The second kappa shape index (κ2) is 7.40. The highest BCUT2D eigenvalue weighted by Crippen LogP contribution is 2.31. The van der Waals surface area contributed by atoms with Crippen molar-refractivity contribution in [2.75, 3.05) is 0 Å². The van der Waals surface area contributed by atoms with Gasteiger partial charge in [0.2, 0.25) is 5.91 Å². The van der Waals surface area contributed by atoms with E-state index in [2.05, 4.69) is 10.3 Å². The van der Waals surface area contributed by atoms with Crippen LogP contribution in [0.3, 0.4) is 0 Å². The molecular weight excluding hydrogens is 384 g/mol. The number of rotatable bonds is 4. The summed E-state index contributed by atoms with van der Waals surface area (Å²) in [6.45, 7) is -0.00475. The quantitative estimate of drug-likeness (QED) is 0.562. The van der Waals surface area contributed by atoms with E-state index in [9.17, 15) is 9.59 Å². The van der Waals surface area contributed by atoms with Crippen molar-refractivity contribution in [3.05, 3.63) is 59.1 Å². The highest BCUT2D eigenvalue weighted by Gasteiger charge is 2.19. The minimum Gasteiger partial charge on any atom is -0.352 e. The Morgan fingerprint density at radius 2 is 1.93 bits per heavy atom. The molecule has 1 N–H and O–H groups in total. The molecule has 0 aliphatic heterocycles. The SMILES string of the molecule is O=C(Cn1cnc2c(sc3nc(-c4ccccc4)ccc32)c1=O)NC1CCCC1. The van der Waals surface area contributed by atoms with Gasteiger partial charge in [0.15, 0.2) is 0 Å². The van der Waals surface area contributed by atoms with Crippen LogP contribution in [-0.2, 0) is 11.3 Å². The lowest BCUT2D eigenvalue weighted by atomic mass is 10.1. The number of nitrogens with zero attached hydrogens (tertiary/aromatic N) is 3. The van der Waals surface area contributed by atoms with E-state index < -0.39 is 0 Å². The predicted octanol–water partition coefficient (Wildman–Crippen LogP) is 3.73. The number of hydrogen-bond acceptors (Lipinski definition) is 5. The van der Waals surface area contributed by atoms with Crippen LogP contribution in [0.15, 0.2) is 53.6 Å². The minimum atomic E-state index is -0.194. The Labute approximate surface area is 171 Å². The molecule has 0 saturated heterocycles. The van der Waals surface area contributed by atoms with Crippen LogP contribution in [0.4, 0.5) is 0 Å². The molecule has 3 aromatic heterocycles. The standard InChI is InChI=1S/C22H20N4O2S/c27-18(24-15-8-4-5-9-15)12-26-13-23-19-16-10-11-17(14-6-2-1-3-7-14)25-21(16)29-20(19)22(26)28/h1-3,6-7,10-11,13,15H,4-5,8-9,12H2,(H,24,27). The van der Waals surface area contributed by atoms with E-state index in [0.717, 1.165) is 47.2 Å². The highest BCUT2D eigenvalue weighted by molar-refractivity contribution is 7.25. The van der Waals surface area contributed by atoms with Crippen LogP contribution >= 0.6 is 11.3 Å². The van der Waals surface area contributed by atoms with Crippen LogP contribution in [0.2, 0.25) is 0 Å². The Morgan fingerprint density at radius 1 is 1.14 bits per heavy atom. The third-order valence-electron chi connectivity index (χ3n) is 5.41. The van der Waals surface area contributed by atoms with Crippen molar-refractivity contribution >= 4 is 37.7 Å². The lowest BCUT2D eigenvalue weighted by Crippen LogP contribution is -2.37. The normalized spacial score (nSPS) is 14.6. The number of pyridine rings is 1. The fourth-order valence-corrected chi connectivity index (χ4v) is 5.01. The molecule has 1 aromatic carbocycles. The van der Waals surface area contributed by atoms with E-state index >= 15 is 0 Å². The zero-order valence-electron chi connectivity index (χ0n) is 15.8. The number of benzene rings is 1. The maximum Gasteiger partial charge on any atom is 0.271 e. The van der Waals surface area contributed by atoms with Crippen molar-refractivity contribution in [1.82, 2.24) is 19.9 Å². The van der Waals surface area contributed by atoms with Crippen molar-refractivity contribution in [3.63, 3.8) is 0 Å². The number of amides is 1. The first-order valence-corrected chi connectivity index (χ1v) is 10.6. The minimum absolute atomic E-state index is 0.00475. The Bertz CT molecular complexity index is 1260. The molecule has 0 spiro atoms. The maximum atomic E-state index is 13.0. The monoisotopic (exact) mass is 404 g/mol. The number of carbonyl (C=O) groups excluding carboxylic acids is 1. The fourth-order valence-electron chi connectivity index (χ4n) is 3.93. The molecule has 0 atom stereocenters. The van der Waals surface area contributed by atoms with Gasteiger partial charge in [0.1, 0.15) is 16.1 Å². The summed E-state index contributed by atoms with van der Waals surface area (Å²) < 4.78 is 1.92. The zero-order valence-corrected chi connectivity index (χ0v) is 16.6. The second-order valence-electron chi connectivity index (χ2n) is 7.42. The second-order valence-corrected chi connectivity index (χ2v) is 8.42. The molecule has 1 aliphatic rings. The summed E-state index contributed by atoms with van der Waals surface area (Å²) in [5.74, 6) is -0.134. The van der Waals surface area contributed by atoms with Gasteiger partial charge in [-0.1, -0.05) is 43.2 Å². The van der Waals surface area contributed by atoms with E-state index in [1.807, 2.05) is 42.5 Å². The molecular formula is C22H20N4O2S. The Hall–Kier alpha value is -3.06. The first-order valence-electron chi connectivity index (χ1n) is 9.82. The highest BCUT2D eigenvalue weighted by atomic mass is 32.1. The lowest BCUT2D eigenvalue weighted by molar-refractivity contribution is -0.122. The van der Waals surface area contributed by atoms with Gasteiger partial charge in [0.05, 0.1) is 17.5 Å². The number of aromatic nitrogens is 3. The summed E-state index contributed by atoms with van der Waals surface area (Å²) in [6, 6.07) is 14.1. The molecule has 1 amide bonds. The van der Waals surface area contributed by atoms with Gasteiger partial charge in [0.25, 0.3) is 5.56 Å². The Balaban J connectivity index is 1.49. The summed E-state index contributed by atoms with van der Waals surface area (Å²) in [6.07, 6.45) is 5.81. The van der Waals surface area contributed by atoms with Gasteiger partial charge < -0.3 is 5.32 Å². The van der Waals surface area contributed by atoms with Crippen molar-refractivity contribution < 1.29 is 4.79 Å². The molecule has 3 heterocycles. The number of hydrogen-bond donors (Lipinski definition) is 1. The van der Waals surface area contributed by atoms with Gasteiger partial charge in [-0.3, -0.25) is 14.2 Å². The molecule has 0 unspecified atom stereocenters. The smallest absolute Gasteiger partial charge is 0.271 e. The van der Waals surface area contributed by atoms with Gasteiger partial charge in [-0.2, -0.15) is 0 Å². The topological polar surface area (TPSA) is 76.9 Å². The van der Waals surface area contributed by atoms with Crippen molar-refractivity contribution in [1.29, 1.82) is 0 Å². The lowest BCUT2D eigenvalue weighted by Gasteiger charge is -2.12. The fraction of sp³-hybridized carbons (Fsp3) is 0.273. The number of carbonyl (C=O) groups is 1. The molecule has 29 heavy (non-hydrogen) atoms. The number of nitrogens with one attached hydrogen (secondary N) is 1. The van der Waals surface area contributed by atoms with Crippen LogP contribution in [0.25, 0.3) is 31.7 Å². The molecule has 4 aromatic rings. The molecule has 146 valence electrons. The molecule has 1 aliphatic carbocycles. The van der Waals surface area contributed by atoms with Crippen LogP contribution in [0, 0.1) is 0 Å². The van der Waals surface area contributed by atoms with Crippen molar-refractivity contribution in [2.45, 2.75) is 38.3 Å². The van der Waals surface area contributed by atoms with E-state index in [4.69, 9.17) is 4.98 Å². The first kappa shape index (κ1) is 18.0. The zero-order chi connectivity index (χ0) is 19.8. The summed E-state index contributed by atoms with van der Waals surface area (Å²) in [5, 5.41) is 3.88. The predicted molar refractivity (Wildman–Crippen MR) is 115 cm³/mol. The van der Waals surface area contributed by atoms with Gasteiger partial charge in [-0.25, -0.2) is 9.97 Å². The summed E-state index contributed by atoms with van der Waals surface area (Å²) in [5.41, 5.74) is 2.34. The molecule has 1 saturated carbocycles. The van der Waals surface area contributed by atoms with Crippen molar-refractivity contribution in [3.8, 4) is 11.3 Å². The van der Waals surface area contributed by atoms with E-state index in [1.54, 1.807) is 0 Å². The molecule has 7 heteroatoms. The Morgan fingerprint density at radius 3 is 2.72 bits per heavy atom. The third-order valence-corrected chi connectivity index (χ3v) is 6.49.